The van der Waals surface area contributed by atoms with Crippen molar-refractivity contribution in [3.8, 4) is 11.4 Å². The van der Waals surface area contributed by atoms with Crippen LogP contribution in [0.5, 0.6) is 5.75 Å². The molecule has 0 bridgehead atoms. The number of fused-ring (bicyclic) bond motifs is 1. The third-order valence-corrected chi connectivity index (χ3v) is 3.92. The van der Waals surface area contributed by atoms with Gasteiger partial charge in [0.05, 0.1) is 16.8 Å². The summed E-state index contributed by atoms with van der Waals surface area (Å²) in [6.45, 7) is 7.16. The van der Waals surface area contributed by atoms with Gasteiger partial charge in [-0.2, -0.15) is 11.3 Å². The quantitative estimate of drug-likeness (QED) is 0.706. The molecule has 0 spiro atoms. The predicted octanol–water partition coefficient (Wildman–Crippen LogP) is 3.65. The lowest BCUT2D eigenvalue weighted by molar-refractivity contribution is 0.0694. The lowest BCUT2D eigenvalue weighted by Gasteiger charge is -2.07. The molecule has 5 nitrogen and oxygen atoms in total. The molecule has 0 aliphatic heterocycles. The van der Waals surface area contributed by atoms with Gasteiger partial charge in [0.15, 0.2) is 0 Å². The van der Waals surface area contributed by atoms with E-state index in [1.54, 1.807) is 16.8 Å². The molecule has 6 heteroatoms. The van der Waals surface area contributed by atoms with E-state index < -0.39 is 5.97 Å². The fourth-order valence-electron chi connectivity index (χ4n) is 2.08. The Morgan fingerprint density at radius 1 is 1.35 bits per heavy atom. The molecule has 3 aromatic rings. The van der Waals surface area contributed by atoms with Crippen LogP contribution < -0.4 is 0 Å². The van der Waals surface area contributed by atoms with Crippen LogP contribution in [0.25, 0.3) is 20.7 Å². The molecular formula is C14H8N2O3S. The molecule has 0 aliphatic rings. The predicted molar refractivity (Wildman–Crippen MR) is 76.0 cm³/mol. The summed E-state index contributed by atoms with van der Waals surface area (Å²) < 4.78 is 2.65. The van der Waals surface area contributed by atoms with Crippen molar-refractivity contribution in [2.75, 3.05) is 0 Å². The highest BCUT2D eigenvalue weighted by molar-refractivity contribution is 7.17. The van der Waals surface area contributed by atoms with Crippen molar-refractivity contribution in [2.45, 2.75) is 0 Å². The van der Waals surface area contributed by atoms with Gasteiger partial charge in [-0.25, -0.2) is 9.64 Å². The first kappa shape index (κ1) is 12.3. The van der Waals surface area contributed by atoms with E-state index in [0.29, 0.717) is 11.4 Å². The van der Waals surface area contributed by atoms with Gasteiger partial charge in [0.2, 0.25) is 5.69 Å². The highest BCUT2D eigenvalue weighted by Gasteiger charge is 2.14. The molecule has 0 fully saturated rings. The zero-order chi connectivity index (χ0) is 14.3. The van der Waals surface area contributed by atoms with Gasteiger partial charge < -0.3 is 14.8 Å². The lowest BCUT2D eigenvalue weighted by Crippen LogP contribution is -1.98. The number of carboxylic acids is 1. The number of aromatic nitrogens is 1. The number of carboxylic acid groups (broad SMARTS) is 1. The van der Waals surface area contributed by atoms with Crippen LogP contribution in [0.2, 0.25) is 0 Å². The van der Waals surface area contributed by atoms with E-state index in [4.69, 9.17) is 11.7 Å². The Balaban J connectivity index is 2.21. The fourth-order valence-corrected chi connectivity index (χ4v) is 2.92. The molecule has 0 saturated heterocycles. The maximum Gasteiger partial charge on any atom is 0.339 e. The molecule has 2 heterocycles. The molecule has 0 aliphatic carbocycles. The van der Waals surface area contributed by atoms with E-state index in [1.807, 2.05) is 11.4 Å². The average molecular weight is 284 g/mol. The maximum atomic E-state index is 10.9. The molecule has 2 N–H and O–H groups in total. The van der Waals surface area contributed by atoms with E-state index in [9.17, 15) is 9.90 Å². The molecule has 1 aromatic carbocycles. The number of benzene rings is 1. The largest absolute Gasteiger partial charge is 0.507 e. The van der Waals surface area contributed by atoms with Crippen molar-refractivity contribution in [3.05, 3.63) is 52.8 Å². The molecule has 3 rings (SSSR count). The van der Waals surface area contributed by atoms with Crippen molar-refractivity contribution < 1.29 is 15.0 Å². The molecule has 0 amide bonds. The Hall–Kier alpha value is -2.78. The van der Waals surface area contributed by atoms with E-state index in [1.165, 1.54) is 23.5 Å². The zero-order valence-electron chi connectivity index (χ0n) is 10.1. The first-order valence-corrected chi connectivity index (χ1v) is 6.52. The molecule has 0 saturated carbocycles. The highest BCUT2D eigenvalue weighted by Crippen LogP contribution is 2.35. The standard InChI is InChI=1S/C14H8N2O3S/c1-15-10-7-16(11-4-5-20-13(10)11)8-2-3-9(14(18)19)12(17)6-8/h2-7,17H,(H,18,19). The normalized spacial score (nSPS) is 10.6. The summed E-state index contributed by atoms with van der Waals surface area (Å²) in [6.07, 6.45) is 1.68. The number of carbonyl (C=O) groups is 1. The van der Waals surface area contributed by atoms with Gasteiger partial charge in [0.1, 0.15) is 11.3 Å². The monoisotopic (exact) mass is 284 g/mol. The van der Waals surface area contributed by atoms with Gasteiger partial charge in [-0.3, -0.25) is 0 Å². The number of hydrogen-bond acceptors (Lipinski definition) is 3. The second-order valence-electron chi connectivity index (χ2n) is 4.14. The number of aromatic carboxylic acids is 1. The first-order chi connectivity index (χ1) is 9.61. The Morgan fingerprint density at radius 2 is 2.15 bits per heavy atom. The van der Waals surface area contributed by atoms with E-state index in [2.05, 4.69) is 4.85 Å². The summed E-state index contributed by atoms with van der Waals surface area (Å²) in [4.78, 5) is 14.4. The van der Waals surface area contributed by atoms with Crippen LogP contribution >= 0.6 is 11.3 Å². The minimum atomic E-state index is -1.18. The van der Waals surface area contributed by atoms with Gasteiger partial charge >= 0.3 is 5.97 Å². The molecule has 0 radical (unpaired) electrons. The summed E-state index contributed by atoms with van der Waals surface area (Å²) in [5.41, 5.74) is 1.87. The van der Waals surface area contributed by atoms with E-state index in [0.717, 1.165) is 10.2 Å². The SMILES string of the molecule is [C-]#[N+]c1cn(-c2ccc(C(=O)O)c(O)c2)c2ccsc12. The molecule has 20 heavy (non-hydrogen) atoms. The molecule has 2 aromatic heterocycles. The summed E-state index contributed by atoms with van der Waals surface area (Å²) in [5.74, 6) is -1.47. The van der Waals surface area contributed by atoms with Crippen LogP contribution in [0.4, 0.5) is 5.69 Å². The van der Waals surface area contributed by atoms with Crippen molar-refractivity contribution in [1.29, 1.82) is 0 Å². The molecular weight excluding hydrogens is 276 g/mol. The third kappa shape index (κ3) is 1.73. The Bertz CT molecular complexity index is 870. The Kier molecular flexibility index (Phi) is 2.70. The molecule has 0 unspecified atom stereocenters. The maximum absolute atomic E-state index is 10.9. The van der Waals surface area contributed by atoms with Crippen molar-refractivity contribution in [3.63, 3.8) is 0 Å². The average Bonchev–Trinajstić information content (AvgIpc) is 2.99. The minimum absolute atomic E-state index is 0.145. The summed E-state index contributed by atoms with van der Waals surface area (Å²) in [6, 6.07) is 6.22. The van der Waals surface area contributed by atoms with Crippen molar-refractivity contribution in [1.82, 2.24) is 4.57 Å². The van der Waals surface area contributed by atoms with Crippen LogP contribution in [0.1, 0.15) is 10.4 Å². The van der Waals surface area contributed by atoms with Crippen LogP contribution in [0, 0.1) is 6.57 Å². The topological polar surface area (TPSA) is 66.8 Å². The number of rotatable bonds is 2. The first-order valence-electron chi connectivity index (χ1n) is 5.64. The fraction of sp³-hybridized carbons (Fsp3) is 0. The minimum Gasteiger partial charge on any atom is -0.507 e. The number of hydrogen-bond donors (Lipinski definition) is 2. The van der Waals surface area contributed by atoms with Gasteiger partial charge in [0, 0.05) is 18.0 Å². The Morgan fingerprint density at radius 3 is 2.80 bits per heavy atom. The van der Waals surface area contributed by atoms with Gasteiger partial charge in [-0.15, -0.1) is 0 Å². The number of phenols is 1. The Labute approximate surface area is 117 Å². The summed E-state index contributed by atoms with van der Waals surface area (Å²) in [7, 11) is 0. The smallest absolute Gasteiger partial charge is 0.339 e. The number of nitrogens with zero attached hydrogens (tertiary/aromatic N) is 2. The summed E-state index contributed by atoms with van der Waals surface area (Å²) in [5, 5.41) is 20.6. The lowest BCUT2D eigenvalue weighted by atomic mass is 10.2. The van der Waals surface area contributed by atoms with Crippen LogP contribution in [-0.2, 0) is 0 Å². The zero-order valence-corrected chi connectivity index (χ0v) is 10.9. The second-order valence-corrected chi connectivity index (χ2v) is 5.05. The van der Waals surface area contributed by atoms with Gasteiger partial charge in [-0.05, 0) is 23.6 Å². The van der Waals surface area contributed by atoms with Crippen LogP contribution in [0.3, 0.4) is 0 Å². The van der Waals surface area contributed by atoms with Crippen LogP contribution in [0.15, 0.2) is 35.8 Å². The molecule has 98 valence electrons. The van der Waals surface area contributed by atoms with Crippen molar-refractivity contribution in [2.24, 2.45) is 0 Å². The van der Waals surface area contributed by atoms with E-state index in [-0.39, 0.29) is 11.3 Å². The highest BCUT2D eigenvalue weighted by atomic mass is 32.1. The van der Waals surface area contributed by atoms with Gasteiger partial charge in [0.25, 0.3) is 0 Å². The number of aromatic hydroxyl groups is 1. The van der Waals surface area contributed by atoms with E-state index >= 15 is 0 Å². The second kappa shape index (κ2) is 4.40. The number of thiophene rings is 1. The molecule has 0 atom stereocenters. The van der Waals surface area contributed by atoms with Crippen LogP contribution in [-0.4, -0.2) is 20.7 Å². The third-order valence-electron chi connectivity index (χ3n) is 3.00. The van der Waals surface area contributed by atoms with Crippen molar-refractivity contribution >= 4 is 33.2 Å². The summed E-state index contributed by atoms with van der Waals surface area (Å²) >= 11 is 1.48. The van der Waals surface area contributed by atoms with Gasteiger partial charge in [-0.1, -0.05) is 0 Å².